The lowest BCUT2D eigenvalue weighted by atomic mass is 10.2. The monoisotopic (exact) mass is 292 g/mol. The smallest absolute Gasteiger partial charge is 0.178 e. The van der Waals surface area contributed by atoms with E-state index in [0.29, 0.717) is 16.8 Å². The average molecular weight is 292 g/mol. The first-order valence-corrected chi connectivity index (χ1v) is 6.43. The standard InChI is InChI=1S/C13H13FN4OS/c1-17-6-8(5-15-17)7-18-11-4-12(19-2)9(14)3-10(11)16-13(18)20/h3-6H,7H2,1-2H3,(H,16,20). The Kier molecular flexibility index (Phi) is 3.06. The number of nitrogens with zero attached hydrogens (tertiary/aromatic N) is 3. The van der Waals surface area contributed by atoms with E-state index < -0.39 is 5.82 Å². The summed E-state index contributed by atoms with van der Waals surface area (Å²) in [4.78, 5) is 3.00. The fourth-order valence-electron chi connectivity index (χ4n) is 2.21. The number of aromatic nitrogens is 4. The Morgan fingerprint density at radius 3 is 2.90 bits per heavy atom. The fraction of sp³-hybridized carbons (Fsp3) is 0.231. The molecule has 0 bridgehead atoms. The van der Waals surface area contributed by atoms with Gasteiger partial charge in [0.1, 0.15) is 0 Å². The zero-order valence-electron chi connectivity index (χ0n) is 11.1. The Labute approximate surface area is 119 Å². The summed E-state index contributed by atoms with van der Waals surface area (Å²) in [6.07, 6.45) is 3.70. The number of imidazole rings is 1. The van der Waals surface area contributed by atoms with Crippen LogP contribution in [0.15, 0.2) is 24.5 Å². The van der Waals surface area contributed by atoms with Crippen LogP contribution in [-0.4, -0.2) is 26.4 Å². The first-order valence-electron chi connectivity index (χ1n) is 6.02. The Morgan fingerprint density at radius 1 is 1.45 bits per heavy atom. The number of hydrogen-bond donors (Lipinski definition) is 1. The van der Waals surface area contributed by atoms with Crippen LogP contribution in [0.2, 0.25) is 0 Å². The Balaban J connectivity index is 2.14. The molecule has 0 saturated carbocycles. The molecule has 0 spiro atoms. The molecule has 20 heavy (non-hydrogen) atoms. The van der Waals surface area contributed by atoms with Crippen molar-refractivity contribution in [2.24, 2.45) is 7.05 Å². The van der Waals surface area contributed by atoms with Gasteiger partial charge in [-0.05, 0) is 12.2 Å². The summed E-state index contributed by atoms with van der Waals surface area (Å²) < 4.78 is 22.9. The highest BCUT2D eigenvalue weighted by Crippen LogP contribution is 2.25. The van der Waals surface area contributed by atoms with Gasteiger partial charge in [-0.1, -0.05) is 0 Å². The third-order valence-corrected chi connectivity index (χ3v) is 3.47. The largest absolute Gasteiger partial charge is 0.494 e. The molecule has 0 fully saturated rings. The fourth-order valence-corrected chi connectivity index (χ4v) is 2.48. The van der Waals surface area contributed by atoms with E-state index >= 15 is 0 Å². The van der Waals surface area contributed by atoms with Crippen molar-refractivity contribution >= 4 is 23.3 Å². The molecule has 0 aliphatic carbocycles. The van der Waals surface area contributed by atoms with Crippen molar-refractivity contribution in [1.29, 1.82) is 0 Å². The summed E-state index contributed by atoms with van der Waals surface area (Å²) in [6.45, 7) is 0.571. The third-order valence-electron chi connectivity index (χ3n) is 3.15. The van der Waals surface area contributed by atoms with Gasteiger partial charge in [0.05, 0.1) is 30.9 Å². The van der Waals surface area contributed by atoms with Crippen LogP contribution in [0.3, 0.4) is 0 Å². The number of benzene rings is 1. The van der Waals surface area contributed by atoms with Crippen molar-refractivity contribution < 1.29 is 9.13 Å². The van der Waals surface area contributed by atoms with Gasteiger partial charge in [-0.25, -0.2) is 4.39 Å². The molecule has 1 N–H and O–H groups in total. The van der Waals surface area contributed by atoms with E-state index in [1.165, 1.54) is 13.2 Å². The lowest BCUT2D eigenvalue weighted by Crippen LogP contribution is -1.99. The predicted octanol–water partition coefficient (Wildman–Crippen LogP) is 2.63. The lowest BCUT2D eigenvalue weighted by molar-refractivity contribution is 0.387. The Hall–Kier alpha value is -2.15. The normalized spacial score (nSPS) is 11.2. The van der Waals surface area contributed by atoms with E-state index in [4.69, 9.17) is 17.0 Å². The number of ether oxygens (including phenoxy) is 1. The first kappa shape index (κ1) is 12.9. The van der Waals surface area contributed by atoms with E-state index in [1.807, 2.05) is 17.8 Å². The minimum Gasteiger partial charge on any atom is -0.494 e. The number of methoxy groups -OCH3 is 1. The highest BCUT2D eigenvalue weighted by atomic mass is 32.1. The summed E-state index contributed by atoms with van der Waals surface area (Å²) in [5, 5.41) is 4.13. The highest BCUT2D eigenvalue weighted by Gasteiger charge is 2.11. The van der Waals surface area contributed by atoms with Crippen LogP contribution in [0.5, 0.6) is 5.75 Å². The molecule has 1 aromatic carbocycles. The van der Waals surface area contributed by atoms with Gasteiger partial charge in [0, 0.05) is 30.9 Å². The molecule has 3 rings (SSSR count). The SMILES string of the molecule is COc1cc2c(cc1F)[nH]c(=S)n2Cc1cnn(C)c1. The van der Waals surface area contributed by atoms with Crippen LogP contribution in [0.1, 0.15) is 5.56 Å². The van der Waals surface area contributed by atoms with E-state index in [9.17, 15) is 4.39 Å². The lowest BCUT2D eigenvalue weighted by Gasteiger charge is -2.05. The quantitative estimate of drug-likeness (QED) is 0.755. The first-order chi connectivity index (χ1) is 9.58. The van der Waals surface area contributed by atoms with Gasteiger partial charge in [-0.2, -0.15) is 5.10 Å². The summed E-state index contributed by atoms with van der Waals surface area (Å²) in [5.74, 6) is -0.212. The van der Waals surface area contributed by atoms with Crippen LogP contribution < -0.4 is 4.74 Å². The molecule has 2 aromatic heterocycles. The average Bonchev–Trinajstić information content (AvgIpc) is 2.94. The van der Waals surface area contributed by atoms with E-state index in [0.717, 1.165) is 11.1 Å². The second kappa shape index (κ2) is 4.75. The summed E-state index contributed by atoms with van der Waals surface area (Å²) in [6, 6.07) is 3.04. The number of aryl methyl sites for hydroxylation is 1. The van der Waals surface area contributed by atoms with Crippen molar-refractivity contribution in [2.45, 2.75) is 6.54 Å². The maximum atomic E-state index is 13.7. The predicted molar refractivity (Wildman–Crippen MR) is 75.9 cm³/mol. The van der Waals surface area contributed by atoms with Crippen molar-refractivity contribution in [3.8, 4) is 5.75 Å². The van der Waals surface area contributed by atoms with Crippen LogP contribution >= 0.6 is 12.2 Å². The number of aromatic amines is 1. The number of rotatable bonds is 3. The molecule has 0 radical (unpaired) electrons. The van der Waals surface area contributed by atoms with Gasteiger partial charge in [0.2, 0.25) is 0 Å². The van der Waals surface area contributed by atoms with Crippen molar-refractivity contribution in [2.75, 3.05) is 7.11 Å². The molecule has 3 aromatic rings. The van der Waals surface area contributed by atoms with Crippen LogP contribution in [0, 0.1) is 10.6 Å². The summed E-state index contributed by atoms with van der Waals surface area (Å²) >= 11 is 5.30. The van der Waals surface area contributed by atoms with Crippen molar-refractivity contribution in [3.05, 3.63) is 40.7 Å². The van der Waals surface area contributed by atoms with Crippen molar-refractivity contribution in [1.82, 2.24) is 19.3 Å². The minimum atomic E-state index is -0.412. The van der Waals surface area contributed by atoms with Crippen molar-refractivity contribution in [3.63, 3.8) is 0 Å². The highest BCUT2D eigenvalue weighted by molar-refractivity contribution is 7.71. The molecule has 5 nitrogen and oxygen atoms in total. The van der Waals surface area contributed by atoms with Gasteiger partial charge in [0.25, 0.3) is 0 Å². The molecular formula is C13H13FN4OS. The summed E-state index contributed by atoms with van der Waals surface area (Å²) in [5.41, 5.74) is 2.47. The topological polar surface area (TPSA) is 47.8 Å². The molecule has 104 valence electrons. The van der Waals surface area contributed by atoms with Crippen LogP contribution in [0.25, 0.3) is 11.0 Å². The number of fused-ring (bicyclic) bond motifs is 1. The van der Waals surface area contributed by atoms with E-state index in [1.54, 1.807) is 16.9 Å². The number of nitrogens with one attached hydrogen (secondary N) is 1. The zero-order chi connectivity index (χ0) is 14.3. The number of hydrogen-bond acceptors (Lipinski definition) is 3. The third kappa shape index (κ3) is 2.09. The number of H-pyrrole nitrogens is 1. The van der Waals surface area contributed by atoms with Gasteiger partial charge >= 0.3 is 0 Å². The zero-order valence-corrected chi connectivity index (χ0v) is 11.9. The summed E-state index contributed by atoms with van der Waals surface area (Å²) in [7, 11) is 3.30. The number of halogens is 1. The maximum Gasteiger partial charge on any atom is 0.178 e. The Morgan fingerprint density at radius 2 is 2.25 bits per heavy atom. The van der Waals surface area contributed by atoms with Gasteiger partial charge < -0.3 is 14.3 Å². The molecule has 7 heteroatoms. The molecule has 0 atom stereocenters. The second-order valence-corrected chi connectivity index (χ2v) is 4.93. The van der Waals surface area contributed by atoms with E-state index in [-0.39, 0.29) is 5.75 Å². The van der Waals surface area contributed by atoms with Crippen LogP contribution in [-0.2, 0) is 13.6 Å². The van der Waals surface area contributed by atoms with Gasteiger partial charge in [-0.15, -0.1) is 0 Å². The molecule has 0 amide bonds. The molecule has 0 saturated heterocycles. The van der Waals surface area contributed by atoms with Gasteiger partial charge in [0.15, 0.2) is 16.3 Å². The molecule has 2 heterocycles. The molecule has 0 unspecified atom stereocenters. The van der Waals surface area contributed by atoms with Crippen LogP contribution in [0.4, 0.5) is 4.39 Å². The van der Waals surface area contributed by atoms with Gasteiger partial charge in [-0.3, -0.25) is 4.68 Å². The maximum absolute atomic E-state index is 13.7. The molecular weight excluding hydrogens is 279 g/mol. The second-order valence-electron chi connectivity index (χ2n) is 4.54. The molecule has 0 aliphatic heterocycles. The minimum absolute atomic E-state index is 0.200. The molecule has 0 aliphatic rings. The van der Waals surface area contributed by atoms with E-state index in [2.05, 4.69) is 10.1 Å². The Bertz CT molecular complexity index is 833.